The van der Waals surface area contributed by atoms with Crippen molar-refractivity contribution in [1.82, 2.24) is 20.3 Å². The van der Waals surface area contributed by atoms with Gasteiger partial charge in [0.15, 0.2) is 11.4 Å². The number of carbonyl (C=O) groups excluding carboxylic acids is 1. The van der Waals surface area contributed by atoms with Crippen LogP contribution in [0.25, 0.3) is 0 Å². The summed E-state index contributed by atoms with van der Waals surface area (Å²) in [5.74, 6) is -0.439. The van der Waals surface area contributed by atoms with Crippen LogP contribution in [0.2, 0.25) is 30.3 Å². The number of aromatic nitrogens is 3. The molecule has 0 spiro atoms. The standard InChI is InChI=1S/C13H9BrCl3N3O.C7Cl3N3/c1-6(11-9(16)4-7(14)5-19-11)20-13(21)10-8(15)2-3-18-12(10)17;8-5-3(1-11)13-4(2-12)6(9)7(5)10/h2-6H,1H3,(H,20,21);. The van der Waals surface area contributed by atoms with E-state index in [1.54, 1.807) is 31.3 Å². The second-order valence-corrected chi connectivity index (χ2v) is 9.37. The summed E-state index contributed by atoms with van der Waals surface area (Å²) in [5, 5.41) is 20.5. The van der Waals surface area contributed by atoms with E-state index in [2.05, 4.69) is 36.2 Å². The van der Waals surface area contributed by atoms with Gasteiger partial charge in [0.05, 0.1) is 42.4 Å². The van der Waals surface area contributed by atoms with E-state index >= 15 is 0 Å². The minimum absolute atomic E-state index is 0.0218. The fourth-order valence-corrected chi connectivity index (χ4v) is 4.26. The number of nitriles is 2. The molecule has 3 rings (SSSR count). The monoisotopic (exact) mass is 638 g/mol. The molecule has 0 aliphatic heterocycles. The lowest BCUT2D eigenvalue weighted by Gasteiger charge is -2.15. The molecular weight excluding hydrogens is 633 g/mol. The predicted molar refractivity (Wildman–Crippen MR) is 136 cm³/mol. The van der Waals surface area contributed by atoms with Crippen molar-refractivity contribution in [1.29, 1.82) is 10.5 Å². The number of rotatable bonds is 3. The highest BCUT2D eigenvalue weighted by molar-refractivity contribution is 9.10. The summed E-state index contributed by atoms with van der Waals surface area (Å²) < 4.78 is 0.758. The zero-order chi connectivity index (χ0) is 25.6. The number of carbonyl (C=O) groups is 1. The molecule has 7 nitrogen and oxygen atoms in total. The van der Waals surface area contributed by atoms with Crippen molar-refractivity contribution < 1.29 is 4.79 Å². The van der Waals surface area contributed by atoms with Gasteiger partial charge in [-0.2, -0.15) is 10.5 Å². The molecule has 0 aliphatic rings. The number of nitrogens with zero attached hydrogens (tertiary/aromatic N) is 5. The number of amides is 1. The fourth-order valence-electron chi connectivity index (χ4n) is 2.36. The van der Waals surface area contributed by atoms with E-state index in [0.717, 1.165) is 4.47 Å². The molecule has 3 aromatic rings. The van der Waals surface area contributed by atoms with Crippen LogP contribution in [0.3, 0.4) is 0 Å². The van der Waals surface area contributed by atoms with Crippen LogP contribution in [0.4, 0.5) is 0 Å². The average molecular weight is 642 g/mol. The van der Waals surface area contributed by atoms with E-state index in [9.17, 15) is 4.79 Å². The molecule has 1 unspecified atom stereocenters. The van der Waals surface area contributed by atoms with E-state index in [1.807, 2.05) is 0 Å². The molecule has 0 saturated carbocycles. The maximum absolute atomic E-state index is 12.2. The van der Waals surface area contributed by atoms with Gasteiger partial charge in [-0.05, 0) is 35.0 Å². The minimum atomic E-state index is -0.439. The van der Waals surface area contributed by atoms with Gasteiger partial charge < -0.3 is 5.32 Å². The lowest BCUT2D eigenvalue weighted by molar-refractivity contribution is 0.0939. The summed E-state index contributed by atoms with van der Waals surface area (Å²) in [6.45, 7) is 1.76. The average Bonchev–Trinajstić information content (AvgIpc) is 2.78. The van der Waals surface area contributed by atoms with E-state index in [-0.39, 0.29) is 42.2 Å². The van der Waals surface area contributed by atoms with Gasteiger partial charge in [-0.25, -0.2) is 9.97 Å². The third-order valence-electron chi connectivity index (χ3n) is 3.91. The fraction of sp³-hybridized carbons (Fsp3) is 0.100. The lowest BCUT2D eigenvalue weighted by Crippen LogP contribution is -2.28. The SMILES string of the molecule is CC(NC(=O)c1c(Cl)ccnc1Cl)c1ncc(Br)cc1Cl.N#Cc1nc(C#N)c(Cl)c(Cl)c1Cl. The Morgan fingerprint density at radius 3 is 2.09 bits per heavy atom. The van der Waals surface area contributed by atoms with Crippen molar-refractivity contribution in [3.8, 4) is 12.1 Å². The van der Waals surface area contributed by atoms with Crippen molar-refractivity contribution in [2.45, 2.75) is 13.0 Å². The number of halogens is 7. The Hall–Kier alpha value is -1.88. The number of nitrogens with one attached hydrogen (secondary N) is 1. The Morgan fingerprint density at radius 2 is 1.59 bits per heavy atom. The first-order valence-electron chi connectivity index (χ1n) is 8.78. The number of hydrogen-bond donors (Lipinski definition) is 1. The van der Waals surface area contributed by atoms with E-state index in [0.29, 0.717) is 10.7 Å². The first-order valence-corrected chi connectivity index (χ1v) is 11.8. The second-order valence-electron chi connectivity index (χ2n) is 6.15. The maximum atomic E-state index is 12.2. The van der Waals surface area contributed by atoms with Crippen molar-refractivity contribution in [3.63, 3.8) is 0 Å². The predicted octanol–water partition coefficient (Wildman–Crippen LogP) is 7.48. The third kappa shape index (κ3) is 6.84. The smallest absolute Gasteiger partial charge is 0.256 e. The van der Waals surface area contributed by atoms with Crippen molar-refractivity contribution >= 4 is 91.4 Å². The molecule has 0 radical (unpaired) electrons. The van der Waals surface area contributed by atoms with Gasteiger partial charge in [0.2, 0.25) is 0 Å². The minimum Gasteiger partial charge on any atom is -0.344 e. The maximum Gasteiger partial charge on any atom is 0.256 e. The van der Waals surface area contributed by atoms with Crippen molar-refractivity contribution in [2.24, 2.45) is 0 Å². The van der Waals surface area contributed by atoms with Gasteiger partial charge >= 0.3 is 0 Å². The normalized spacial score (nSPS) is 10.9. The van der Waals surface area contributed by atoms with E-state index in [1.165, 1.54) is 12.3 Å². The van der Waals surface area contributed by atoms with Crippen LogP contribution in [-0.4, -0.2) is 20.9 Å². The summed E-state index contributed by atoms with van der Waals surface area (Å²) in [4.78, 5) is 23.9. The van der Waals surface area contributed by atoms with Gasteiger partial charge in [-0.3, -0.25) is 9.78 Å². The molecule has 3 aromatic heterocycles. The van der Waals surface area contributed by atoms with Crippen LogP contribution in [0, 0.1) is 22.7 Å². The zero-order valence-electron chi connectivity index (χ0n) is 16.7. The molecule has 1 atom stereocenters. The first-order chi connectivity index (χ1) is 16.0. The van der Waals surface area contributed by atoms with Crippen LogP contribution in [-0.2, 0) is 0 Å². The van der Waals surface area contributed by atoms with Gasteiger partial charge in [0.1, 0.15) is 17.3 Å². The van der Waals surface area contributed by atoms with Gasteiger partial charge in [0.25, 0.3) is 5.91 Å². The Balaban J connectivity index is 0.000000270. The lowest BCUT2D eigenvalue weighted by atomic mass is 10.2. The summed E-state index contributed by atoms with van der Waals surface area (Å²) in [7, 11) is 0. The summed E-state index contributed by atoms with van der Waals surface area (Å²) >= 11 is 38.1. The summed E-state index contributed by atoms with van der Waals surface area (Å²) in [6, 6.07) is 6.19. The largest absolute Gasteiger partial charge is 0.344 e. The highest BCUT2D eigenvalue weighted by atomic mass is 79.9. The molecule has 3 heterocycles. The molecule has 0 bridgehead atoms. The van der Waals surface area contributed by atoms with E-state index < -0.39 is 11.9 Å². The zero-order valence-corrected chi connectivity index (χ0v) is 22.8. The van der Waals surface area contributed by atoms with Crippen LogP contribution in [0.15, 0.2) is 29.0 Å². The summed E-state index contributed by atoms with van der Waals surface area (Å²) in [6.07, 6.45) is 3.03. The molecule has 1 N–H and O–H groups in total. The van der Waals surface area contributed by atoms with Crippen LogP contribution in [0.1, 0.15) is 40.4 Å². The van der Waals surface area contributed by atoms with Gasteiger partial charge in [-0.1, -0.05) is 69.6 Å². The van der Waals surface area contributed by atoms with Crippen LogP contribution in [0.5, 0.6) is 0 Å². The number of hydrogen-bond acceptors (Lipinski definition) is 6. The molecule has 0 aromatic carbocycles. The molecule has 34 heavy (non-hydrogen) atoms. The molecule has 1 amide bonds. The summed E-state index contributed by atoms with van der Waals surface area (Å²) in [5.41, 5.74) is 0.463. The van der Waals surface area contributed by atoms with Crippen molar-refractivity contribution in [2.75, 3.05) is 0 Å². The molecule has 0 saturated heterocycles. The highest BCUT2D eigenvalue weighted by Crippen LogP contribution is 2.33. The Bertz CT molecular complexity index is 1280. The molecule has 174 valence electrons. The Kier molecular flexibility index (Phi) is 10.6. The number of pyridine rings is 3. The molecular formula is C20H9BrCl6N6O. The van der Waals surface area contributed by atoms with Gasteiger partial charge in [-0.15, -0.1) is 0 Å². The Labute approximate surface area is 232 Å². The van der Waals surface area contributed by atoms with Crippen LogP contribution < -0.4 is 5.32 Å². The Morgan fingerprint density at radius 1 is 1.00 bits per heavy atom. The quantitative estimate of drug-likeness (QED) is 0.297. The molecule has 0 aliphatic carbocycles. The highest BCUT2D eigenvalue weighted by Gasteiger charge is 2.20. The molecule has 0 fully saturated rings. The topological polar surface area (TPSA) is 115 Å². The first kappa shape index (κ1) is 28.4. The van der Waals surface area contributed by atoms with E-state index in [4.69, 9.17) is 80.1 Å². The third-order valence-corrected chi connectivity index (χ3v) is 6.56. The second kappa shape index (κ2) is 12.7. The molecule has 14 heteroatoms. The van der Waals surface area contributed by atoms with Crippen molar-refractivity contribution in [3.05, 3.63) is 81.9 Å². The van der Waals surface area contributed by atoms with Crippen LogP contribution >= 0.6 is 85.5 Å². The van der Waals surface area contributed by atoms with Gasteiger partial charge in [0, 0.05) is 16.9 Å².